The Labute approximate surface area is 207 Å². The maximum atomic E-state index is 12.9. The number of hydrogen-bond acceptors (Lipinski definition) is 6. The molecule has 1 atom stereocenters. The van der Waals surface area contributed by atoms with Crippen LogP contribution >= 0.6 is 11.6 Å². The summed E-state index contributed by atoms with van der Waals surface area (Å²) in [5, 5.41) is 3.14. The molecule has 1 aromatic carbocycles. The van der Waals surface area contributed by atoms with Crippen molar-refractivity contribution in [2.24, 2.45) is 0 Å². The van der Waals surface area contributed by atoms with Crippen molar-refractivity contribution in [1.29, 1.82) is 0 Å². The Hall–Kier alpha value is -2.48. The lowest BCUT2D eigenvalue weighted by Gasteiger charge is -2.42. The van der Waals surface area contributed by atoms with Crippen molar-refractivity contribution >= 4 is 29.8 Å². The van der Waals surface area contributed by atoms with E-state index in [1.54, 1.807) is 44.7 Å². The van der Waals surface area contributed by atoms with Gasteiger partial charge in [0.1, 0.15) is 22.8 Å². The van der Waals surface area contributed by atoms with Crippen LogP contribution in [0.1, 0.15) is 66.9 Å². The molecule has 8 nitrogen and oxygen atoms in total. The van der Waals surface area contributed by atoms with Crippen LogP contribution in [0.5, 0.6) is 0 Å². The maximum absolute atomic E-state index is 12.9. The van der Waals surface area contributed by atoms with Crippen molar-refractivity contribution in [3.05, 3.63) is 34.9 Å². The minimum atomic E-state index is -0.902. The van der Waals surface area contributed by atoms with E-state index in [-0.39, 0.29) is 6.09 Å². The molecule has 1 aliphatic rings. The number of alkyl carbamates (subject to hydrolysis) is 1. The summed E-state index contributed by atoms with van der Waals surface area (Å²) in [4.78, 5) is 39.2. The Morgan fingerprint density at radius 1 is 1.00 bits per heavy atom. The summed E-state index contributed by atoms with van der Waals surface area (Å²) in [6, 6.07) is 6.45. The van der Waals surface area contributed by atoms with Crippen LogP contribution < -0.4 is 5.32 Å². The number of benzene rings is 1. The molecular weight excluding hydrogens is 460 g/mol. The molecule has 34 heavy (non-hydrogen) atoms. The van der Waals surface area contributed by atoms with Crippen LogP contribution in [0, 0.1) is 0 Å². The fraction of sp³-hybridized carbons (Fsp3) is 0.640. The second kappa shape index (κ2) is 10.8. The monoisotopic (exact) mass is 496 g/mol. The molecule has 190 valence electrons. The third kappa shape index (κ3) is 9.05. The standard InChI is InChI=1S/C25H37ClN2O6/c1-17(27-21(30)33-23(2,3)4)20(29)32-25(16-18-8-10-19(26)11-9-18)12-14-28(15-13-25)22(31)34-24(5,6)7/h8-11,17H,12-16H2,1-7H3,(H,27,30)/t17-/m0/s1. The largest absolute Gasteiger partial charge is 0.457 e. The van der Waals surface area contributed by atoms with Gasteiger partial charge >= 0.3 is 18.2 Å². The van der Waals surface area contributed by atoms with E-state index in [4.69, 9.17) is 25.8 Å². The van der Waals surface area contributed by atoms with Crippen LogP contribution in [0.25, 0.3) is 0 Å². The number of amides is 2. The Bertz CT molecular complexity index is 865. The van der Waals surface area contributed by atoms with Crippen LogP contribution in [-0.2, 0) is 25.4 Å². The fourth-order valence-electron chi connectivity index (χ4n) is 3.56. The second-order valence-corrected chi connectivity index (χ2v) is 11.2. The average Bonchev–Trinajstić information content (AvgIpc) is 2.67. The number of rotatable bonds is 5. The highest BCUT2D eigenvalue weighted by Crippen LogP contribution is 2.32. The first-order chi connectivity index (χ1) is 15.6. The fourth-order valence-corrected chi connectivity index (χ4v) is 3.68. The van der Waals surface area contributed by atoms with Gasteiger partial charge in [0.15, 0.2) is 0 Å². The Kier molecular flexibility index (Phi) is 8.86. The molecule has 0 aromatic heterocycles. The lowest BCUT2D eigenvalue weighted by molar-refractivity contribution is -0.166. The molecule has 1 heterocycles. The minimum Gasteiger partial charge on any atom is -0.457 e. The van der Waals surface area contributed by atoms with Crippen molar-refractivity contribution in [2.45, 2.75) is 90.6 Å². The zero-order chi connectivity index (χ0) is 25.7. The summed E-state index contributed by atoms with van der Waals surface area (Å²) in [6.45, 7) is 13.0. The van der Waals surface area contributed by atoms with Crippen LogP contribution in [-0.4, -0.2) is 59.0 Å². The first-order valence-electron chi connectivity index (χ1n) is 11.5. The quantitative estimate of drug-likeness (QED) is 0.449. The van der Waals surface area contributed by atoms with Crippen LogP contribution in [0.15, 0.2) is 24.3 Å². The molecule has 1 aromatic rings. The third-order valence-electron chi connectivity index (χ3n) is 5.17. The zero-order valence-corrected chi connectivity index (χ0v) is 22.0. The number of likely N-dealkylation sites (tertiary alicyclic amines) is 1. The maximum Gasteiger partial charge on any atom is 0.410 e. The van der Waals surface area contributed by atoms with E-state index in [1.807, 2.05) is 32.9 Å². The lowest BCUT2D eigenvalue weighted by atomic mass is 9.85. The van der Waals surface area contributed by atoms with E-state index < -0.39 is 34.9 Å². The van der Waals surface area contributed by atoms with Gasteiger partial charge in [-0.15, -0.1) is 0 Å². The highest BCUT2D eigenvalue weighted by Gasteiger charge is 2.41. The summed E-state index contributed by atoms with van der Waals surface area (Å²) in [6.07, 6.45) is 0.235. The summed E-state index contributed by atoms with van der Waals surface area (Å²) >= 11 is 6.02. The molecule has 1 N–H and O–H groups in total. The van der Waals surface area contributed by atoms with E-state index in [9.17, 15) is 14.4 Å². The first kappa shape index (κ1) is 27.8. The molecule has 1 aliphatic heterocycles. The molecule has 0 unspecified atom stereocenters. The van der Waals surface area contributed by atoms with Crippen molar-refractivity contribution in [3.63, 3.8) is 0 Å². The first-order valence-corrected chi connectivity index (χ1v) is 11.9. The molecule has 9 heteroatoms. The number of esters is 1. The van der Waals surface area contributed by atoms with Gasteiger partial charge in [-0.2, -0.15) is 0 Å². The van der Waals surface area contributed by atoms with Gasteiger partial charge in [0.25, 0.3) is 0 Å². The van der Waals surface area contributed by atoms with Gasteiger partial charge in [0, 0.05) is 37.4 Å². The molecular formula is C25H37ClN2O6. The van der Waals surface area contributed by atoms with Gasteiger partial charge in [-0.25, -0.2) is 14.4 Å². The van der Waals surface area contributed by atoms with Crippen LogP contribution in [0.2, 0.25) is 5.02 Å². The molecule has 2 amide bonds. The van der Waals surface area contributed by atoms with Crippen molar-refractivity contribution in [1.82, 2.24) is 10.2 Å². The number of carbonyl (C=O) groups excluding carboxylic acids is 3. The van der Waals surface area contributed by atoms with Gasteiger partial charge < -0.3 is 24.4 Å². The van der Waals surface area contributed by atoms with Crippen molar-refractivity contribution in [3.8, 4) is 0 Å². The van der Waals surface area contributed by atoms with E-state index in [1.165, 1.54) is 0 Å². The predicted octanol–water partition coefficient (Wildman–Crippen LogP) is 5.11. The number of nitrogens with zero attached hydrogens (tertiary/aromatic N) is 1. The molecule has 0 radical (unpaired) electrons. The summed E-state index contributed by atoms with van der Waals surface area (Å²) in [5.74, 6) is -0.564. The van der Waals surface area contributed by atoms with Crippen LogP contribution in [0.4, 0.5) is 9.59 Å². The Balaban J connectivity index is 2.12. The summed E-state index contributed by atoms with van der Waals surface area (Å²) < 4.78 is 16.7. The molecule has 0 saturated carbocycles. The molecule has 1 fully saturated rings. The van der Waals surface area contributed by atoms with Gasteiger partial charge in [0.2, 0.25) is 0 Å². The SMILES string of the molecule is C[C@H](NC(=O)OC(C)(C)C)C(=O)OC1(Cc2ccc(Cl)cc2)CCN(C(=O)OC(C)(C)C)CC1. The third-order valence-corrected chi connectivity index (χ3v) is 5.42. The molecule has 0 bridgehead atoms. The number of hydrogen-bond donors (Lipinski definition) is 1. The number of carbonyl (C=O) groups is 3. The lowest BCUT2D eigenvalue weighted by Crippen LogP contribution is -2.53. The Morgan fingerprint density at radius 3 is 2.03 bits per heavy atom. The van der Waals surface area contributed by atoms with Gasteiger partial charge in [-0.1, -0.05) is 23.7 Å². The van der Waals surface area contributed by atoms with Gasteiger partial charge in [0.05, 0.1) is 0 Å². The van der Waals surface area contributed by atoms with Gasteiger partial charge in [-0.05, 0) is 66.2 Å². The van der Waals surface area contributed by atoms with E-state index >= 15 is 0 Å². The summed E-state index contributed by atoms with van der Waals surface area (Å²) in [7, 11) is 0. The van der Waals surface area contributed by atoms with E-state index in [2.05, 4.69) is 5.32 Å². The topological polar surface area (TPSA) is 94.2 Å². The summed E-state index contributed by atoms with van der Waals surface area (Å²) in [5.41, 5.74) is -1.16. The molecule has 1 saturated heterocycles. The van der Waals surface area contributed by atoms with E-state index in [0.717, 1.165) is 5.56 Å². The van der Waals surface area contributed by atoms with E-state index in [0.29, 0.717) is 37.4 Å². The Morgan fingerprint density at radius 2 is 1.53 bits per heavy atom. The number of piperidine rings is 1. The average molecular weight is 497 g/mol. The normalized spacial score (nSPS) is 16.9. The molecule has 0 spiro atoms. The van der Waals surface area contributed by atoms with Crippen molar-refractivity contribution < 1.29 is 28.6 Å². The zero-order valence-electron chi connectivity index (χ0n) is 21.2. The number of halogens is 1. The molecule has 2 rings (SSSR count). The highest BCUT2D eigenvalue weighted by atomic mass is 35.5. The van der Waals surface area contributed by atoms with Gasteiger partial charge in [-0.3, -0.25) is 0 Å². The predicted molar refractivity (Wildman–Crippen MR) is 130 cm³/mol. The smallest absolute Gasteiger partial charge is 0.410 e. The number of ether oxygens (including phenoxy) is 3. The number of nitrogens with one attached hydrogen (secondary N) is 1. The highest BCUT2D eigenvalue weighted by molar-refractivity contribution is 6.30. The van der Waals surface area contributed by atoms with Crippen molar-refractivity contribution in [2.75, 3.05) is 13.1 Å². The van der Waals surface area contributed by atoms with Crippen LogP contribution in [0.3, 0.4) is 0 Å². The second-order valence-electron chi connectivity index (χ2n) is 10.7. The molecule has 0 aliphatic carbocycles. The minimum absolute atomic E-state index is 0.379.